The van der Waals surface area contributed by atoms with Crippen molar-refractivity contribution in [2.45, 2.75) is 26.4 Å². The minimum absolute atomic E-state index is 0.00843. The van der Waals surface area contributed by atoms with Crippen LogP contribution in [0.1, 0.15) is 18.1 Å². The maximum absolute atomic E-state index is 11.9. The Morgan fingerprint density at radius 3 is 2.83 bits per heavy atom. The SMILES string of the molecule is CCc1cccc(C)c1NC(=O)CN1CC(O)C1. The van der Waals surface area contributed by atoms with E-state index in [1.165, 1.54) is 0 Å². The van der Waals surface area contributed by atoms with E-state index < -0.39 is 0 Å². The number of β-amino-alcohol motifs (C(OH)–C–C–N with tert-alkyl or cyclic N) is 1. The number of hydrogen-bond acceptors (Lipinski definition) is 3. The smallest absolute Gasteiger partial charge is 0.238 e. The Morgan fingerprint density at radius 1 is 1.50 bits per heavy atom. The quantitative estimate of drug-likeness (QED) is 0.841. The number of aliphatic hydroxyl groups is 1. The number of likely N-dealkylation sites (tertiary alicyclic amines) is 1. The van der Waals surface area contributed by atoms with Crippen molar-refractivity contribution in [3.8, 4) is 0 Å². The molecule has 0 aliphatic carbocycles. The van der Waals surface area contributed by atoms with Gasteiger partial charge in [-0.05, 0) is 24.5 Å². The number of aryl methyl sites for hydroxylation is 2. The average Bonchev–Trinajstić information content (AvgIpc) is 2.30. The number of aliphatic hydroxyl groups excluding tert-OH is 1. The topological polar surface area (TPSA) is 52.6 Å². The van der Waals surface area contributed by atoms with E-state index >= 15 is 0 Å². The van der Waals surface area contributed by atoms with Crippen LogP contribution in [0.4, 0.5) is 5.69 Å². The number of anilines is 1. The lowest BCUT2D eigenvalue weighted by Gasteiger charge is -2.35. The van der Waals surface area contributed by atoms with Gasteiger partial charge in [-0.3, -0.25) is 9.69 Å². The lowest BCUT2D eigenvalue weighted by atomic mass is 10.1. The van der Waals surface area contributed by atoms with Crippen LogP contribution in [0.15, 0.2) is 18.2 Å². The molecule has 1 heterocycles. The largest absolute Gasteiger partial charge is 0.390 e. The molecule has 0 aromatic heterocycles. The van der Waals surface area contributed by atoms with Crippen molar-refractivity contribution in [1.29, 1.82) is 0 Å². The molecule has 18 heavy (non-hydrogen) atoms. The first-order chi connectivity index (χ1) is 8.60. The normalized spacial score (nSPS) is 16.4. The summed E-state index contributed by atoms with van der Waals surface area (Å²) in [5, 5.41) is 12.2. The fourth-order valence-electron chi connectivity index (χ4n) is 2.26. The lowest BCUT2D eigenvalue weighted by Crippen LogP contribution is -2.53. The van der Waals surface area contributed by atoms with Gasteiger partial charge in [-0.15, -0.1) is 0 Å². The lowest BCUT2D eigenvalue weighted by molar-refractivity contribution is -0.119. The predicted molar refractivity (Wildman–Crippen MR) is 71.6 cm³/mol. The number of para-hydroxylation sites is 1. The van der Waals surface area contributed by atoms with Crippen molar-refractivity contribution in [2.24, 2.45) is 0 Å². The van der Waals surface area contributed by atoms with Crippen LogP contribution in [0.5, 0.6) is 0 Å². The van der Waals surface area contributed by atoms with Crippen LogP contribution >= 0.6 is 0 Å². The van der Waals surface area contributed by atoms with Gasteiger partial charge in [0.05, 0.1) is 12.6 Å². The Balaban J connectivity index is 1.98. The molecule has 1 aliphatic heterocycles. The van der Waals surface area contributed by atoms with Crippen molar-refractivity contribution < 1.29 is 9.90 Å². The van der Waals surface area contributed by atoms with Gasteiger partial charge in [0.25, 0.3) is 0 Å². The number of nitrogens with one attached hydrogen (secondary N) is 1. The fourth-order valence-corrected chi connectivity index (χ4v) is 2.26. The molecule has 1 saturated heterocycles. The predicted octanol–water partition coefficient (Wildman–Crippen LogP) is 1.17. The molecule has 2 N–H and O–H groups in total. The monoisotopic (exact) mass is 248 g/mol. The highest BCUT2D eigenvalue weighted by molar-refractivity contribution is 5.93. The maximum atomic E-state index is 11.9. The zero-order chi connectivity index (χ0) is 13.1. The van der Waals surface area contributed by atoms with Crippen molar-refractivity contribution in [2.75, 3.05) is 25.0 Å². The van der Waals surface area contributed by atoms with E-state index in [4.69, 9.17) is 0 Å². The average molecular weight is 248 g/mol. The van der Waals surface area contributed by atoms with Crippen LogP contribution < -0.4 is 5.32 Å². The van der Waals surface area contributed by atoms with Crippen LogP contribution in [-0.2, 0) is 11.2 Å². The van der Waals surface area contributed by atoms with Crippen LogP contribution in [0, 0.1) is 6.92 Å². The minimum atomic E-state index is -0.262. The van der Waals surface area contributed by atoms with Gasteiger partial charge >= 0.3 is 0 Å². The van der Waals surface area contributed by atoms with E-state index in [2.05, 4.69) is 12.2 Å². The molecule has 1 aromatic carbocycles. The molecule has 4 heteroatoms. The summed E-state index contributed by atoms with van der Waals surface area (Å²) in [5.74, 6) is -0.00843. The van der Waals surface area contributed by atoms with Gasteiger partial charge in [0.1, 0.15) is 0 Å². The number of amides is 1. The third kappa shape index (κ3) is 2.89. The number of rotatable bonds is 4. The van der Waals surface area contributed by atoms with Crippen molar-refractivity contribution in [3.63, 3.8) is 0 Å². The van der Waals surface area contributed by atoms with Crippen LogP contribution in [0.3, 0.4) is 0 Å². The molecule has 0 saturated carbocycles. The molecule has 0 unspecified atom stereocenters. The Hall–Kier alpha value is -1.39. The Labute approximate surface area is 108 Å². The first kappa shape index (κ1) is 13.1. The fraction of sp³-hybridized carbons (Fsp3) is 0.500. The summed E-state index contributed by atoms with van der Waals surface area (Å²) < 4.78 is 0. The Bertz CT molecular complexity index is 439. The number of benzene rings is 1. The molecule has 0 atom stereocenters. The van der Waals surface area contributed by atoms with E-state index in [0.717, 1.165) is 23.2 Å². The zero-order valence-corrected chi connectivity index (χ0v) is 10.9. The number of hydrogen-bond donors (Lipinski definition) is 2. The highest BCUT2D eigenvalue weighted by Gasteiger charge is 2.26. The third-order valence-electron chi connectivity index (χ3n) is 3.31. The molecular weight excluding hydrogens is 228 g/mol. The third-order valence-corrected chi connectivity index (χ3v) is 3.31. The first-order valence-electron chi connectivity index (χ1n) is 6.39. The van der Waals surface area contributed by atoms with Gasteiger partial charge in [0.15, 0.2) is 0 Å². The zero-order valence-electron chi connectivity index (χ0n) is 10.9. The molecule has 1 aromatic rings. The van der Waals surface area contributed by atoms with Crippen molar-refractivity contribution in [1.82, 2.24) is 4.90 Å². The number of carbonyl (C=O) groups is 1. The van der Waals surface area contributed by atoms with Crippen molar-refractivity contribution in [3.05, 3.63) is 29.3 Å². The summed E-state index contributed by atoms with van der Waals surface area (Å²) in [7, 11) is 0. The number of nitrogens with zero attached hydrogens (tertiary/aromatic N) is 1. The molecule has 2 rings (SSSR count). The molecule has 0 spiro atoms. The van der Waals surface area contributed by atoms with Crippen LogP contribution in [0.2, 0.25) is 0 Å². The molecule has 0 radical (unpaired) electrons. The second-order valence-corrected chi connectivity index (χ2v) is 4.86. The Kier molecular flexibility index (Phi) is 3.99. The maximum Gasteiger partial charge on any atom is 0.238 e. The second-order valence-electron chi connectivity index (χ2n) is 4.86. The summed E-state index contributed by atoms with van der Waals surface area (Å²) >= 11 is 0. The van der Waals surface area contributed by atoms with Crippen LogP contribution in [-0.4, -0.2) is 41.7 Å². The summed E-state index contributed by atoms with van der Waals surface area (Å²) in [6.45, 7) is 5.64. The number of carbonyl (C=O) groups excluding carboxylic acids is 1. The highest BCUT2D eigenvalue weighted by atomic mass is 16.3. The van der Waals surface area contributed by atoms with Gasteiger partial charge in [0, 0.05) is 18.8 Å². The summed E-state index contributed by atoms with van der Waals surface area (Å²) in [5.41, 5.74) is 3.18. The van der Waals surface area contributed by atoms with E-state index in [9.17, 15) is 9.90 Å². The molecule has 4 nitrogen and oxygen atoms in total. The molecule has 98 valence electrons. The van der Waals surface area contributed by atoms with E-state index in [1.54, 1.807) is 0 Å². The first-order valence-corrected chi connectivity index (χ1v) is 6.39. The summed E-state index contributed by atoms with van der Waals surface area (Å²) in [6.07, 6.45) is 0.641. The molecule has 0 bridgehead atoms. The van der Waals surface area contributed by atoms with E-state index in [1.807, 2.05) is 30.0 Å². The Morgan fingerprint density at radius 2 is 2.22 bits per heavy atom. The highest BCUT2D eigenvalue weighted by Crippen LogP contribution is 2.21. The van der Waals surface area contributed by atoms with Gasteiger partial charge in [-0.1, -0.05) is 25.1 Å². The molecule has 1 aliphatic rings. The molecule has 1 fully saturated rings. The molecular formula is C14H20N2O2. The van der Waals surface area contributed by atoms with Gasteiger partial charge in [0.2, 0.25) is 5.91 Å². The van der Waals surface area contributed by atoms with Gasteiger partial charge in [-0.25, -0.2) is 0 Å². The summed E-state index contributed by atoms with van der Waals surface area (Å²) in [6, 6.07) is 6.05. The second kappa shape index (κ2) is 5.50. The van der Waals surface area contributed by atoms with Crippen molar-refractivity contribution >= 4 is 11.6 Å². The summed E-state index contributed by atoms with van der Waals surface area (Å²) in [4.78, 5) is 13.8. The van der Waals surface area contributed by atoms with E-state index in [0.29, 0.717) is 19.6 Å². The minimum Gasteiger partial charge on any atom is -0.390 e. The van der Waals surface area contributed by atoms with Crippen LogP contribution in [0.25, 0.3) is 0 Å². The van der Waals surface area contributed by atoms with Gasteiger partial charge < -0.3 is 10.4 Å². The standard InChI is InChI=1S/C14H20N2O2/c1-3-11-6-4-5-10(2)14(11)15-13(18)9-16-7-12(17)8-16/h4-6,12,17H,3,7-9H2,1-2H3,(H,15,18). The van der Waals surface area contributed by atoms with E-state index in [-0.39, 0.29) is 12.0 Å². The molecule has 1 amide bonds. The van der Waals surface area contributed by atoms with Gasteiger partial charge in [-0.2, -0.15) is 0 Å².